The summed E-state index contributed by atoms with van der Waals surface area (Å²) in [5.41, 5.74) is 4.84. The molecule has 1 heterocycles. The zero-order chi connectivity index (χ0) is 31.8. The first kappa shape index (κ1) is 35.3. The van der Waals surface area contributed by atoms with Crippen LogP contribution in [0.1, 0.15) is 41.4 Å². The average molecular weight is 643 g/mol. The number of nitrogens with one attached hydrogen (secondary N) is 1. The van der Waals surface area contributed by atoms with Gasteiger partial charge in [-0.2, -0.15) is 0 Å². The van der Waals surface area contributed by atoms with Crippen molar-refractivity contribution in [1.82, 2.24) is 9.97 Å². The molecule has 0 aliphatic heterocycles. The molecule has 0 aliphatic rings. The minimum absolute atomic E-state index is 0. The topological polar surface area (TPSA) is 184 Å². The summed E-state index contributed by atoms with van der Waals surface area (Å²) in [6, 6.07) is 27.0. The first-order valence-corrected chi connectivity index (χ1v) is 13.5. The Hall–Kier alpha value is -4.55. The second kappa shape index (κ2) is 14.5. The van der Waals surface area contributed by atoms with E-state index in [1.807, 2.05) is 6.07 Å². The number of imidazole rings is 1. The number of fused-ring (bicyclic) bond motifs is 1. The van der Waals surface area contributed by atoms with Crippen molar-refractivity contribution in [3.8, 4) is 44.8 Å². The van der Waals surface area contributed by atoms with Crippen molar-refractivity contribution in [2.24, 2.45) is 0 Å². The van der Waals surface area contributed by atoms with E-state index in [1.54, 1.807) is 66.7 Å². The number of carbonyl (C=O) groups is 4. The van der Waals surface area contributed by atoms with E-state index in [-0.39, 0.29) is 81.4 Å². The van der Waals surface area contributed by atoms with Crippen LogP contribution < -0.4 is 69.3 Å². The molecule has 0 spiro atoms. The van der Waals surface area contributed by atoms with Gasteiger partial charge >= 0.3 is 71.1 Å². The van der Waals surface area contributed by atoms with Crippen LogP contribution in [0.15, 0.2) is 103 Å². The van der Waals surface area contributed by atoms with Crippen LogP contribution in [0.5, 0.6) is 0 Å². The molecular formula is C35H20N2Na2O8. The number of nitrogens with zero attached hydrogens (tertiary/aromatic N) is 1. The SMILES string of the molecule is O=C([O-])c1cc(C(=O)[O-])cc(-c2ccc(-c3nc4c(-c5cccc(C(=O)O)c5)ccc(-c5cccc(C(=O)O)c5)c4[nH]3)cc2)c1.[Na+].[Na+]. The van der Waals surface area contributed by atoms with Crippen LogP contribution in [0.25, 0.3) is 55.8 Å². The van der Waals surface area contributed by atoms with Gasteiger partial charge in [-0.1, -0.05) is 60.7 Å². The molecule has 6 aromatic rings. The van der Waals surface area contributed by atoms with Crippen LogP contribution in [0, 0.1) is 0 Å². The van der Waals surface area contributed by atoms with Crippen molar-refractivity contribution in [3.05, 3.63) is 125 Å². The van der Waals surface area contributed by atoms with Crippen LogP contribution in [-0.4, -0.2) is 44.1 Å². The van der Waals surface area contributed by atoms with E-state index in [0.717, 1.165) is 6.07 Å². The van der Waals surface area contributed by atoms with Gasteiger partial charge in [0, 0.05) is 16.7 Å². The largest absolute Gasteiger partial charge is 1.00 e. The van der Waals surface area contributed by atoms with Crippen LogP contribution >= 0.6 is 0 Å². The zero-order valence-corrected chi connectivity index (χ0v) is 29.1. The summed E-state index contributed by atoms with van der Waals surface area (Å²) in [5, 5.41) is 42.0. The minimum atomic E-state index is -1.52. The number of aromatic nitrogens is 2. The van der Waals surface area contributed by atoms with E-state index >= 15 is 0 Å². The molecule has 3 N–H and O–H groups in total. The predicted octanol–water partition coefficient (Wildman–Crippen LogP) is -1.64. The van der Waals surface area contributed by atoms with Gasteiger partial charge in [-0.25, -0.2) is 14.6 Å². The molecular weight excluding hydrogens is 622 g/mol. The third-order valence-corrected chi connectivity index (χ3v) is 7.38. The van der Waals surface area contributed by atoms with E-state index in [9.17, 15) is 39.6 Å². The Balaban J connectivity index is 0.00000250. The molecule has 12 heteroatoms. The summed E-state index contributed by atoms with van der Waals surface area (Å²) in [7, 11) is 0. The smallest absolute Gasteiger partial charge is 0.545 e. The number of hydrogen-bond donors (Lipinski definition) is 3. The Morgan fingerprint density at radius 3 is 1.51 bits per heavy atom. The van der Waals surface area contributed by atoms with Crippen molar-refractivity contribution in [1.29, 1.82) is 0 Å². The maximum atomic E-state index is 11.7. The Kier molecular flexibility index (Phi) is 10.9. The quantitative estimate of drug-likeness (QED) is 0.164. The number of aromatic amines is 1. The van der Waals surface area contributed by atoms with Crippen LogP contribution in [0.3, 0.4) is 0 Å². The fourth-order valence-corrected chi connectivity index (χ4v) is 5.19. The van der Waals surface area contributed by atoms with E-state index in [2.05, 4.69) is 4.98 Å². The number of H-pyrrole nitrogens is 1. The Morgan fingerprint density at radius 1 is 0.532 bits per heavy atom. The van der Waals surface area contributed by atoms with Crippen molar-refractivity contribution >= 4 is 34.9 Å². The summed E-state index contributed by atoms with van der Waals surface area (Å²) in [6.07, 6.45) is 0. The first-order valence-electron chi connectivity index (χ1n) is 13.5. The number of aromatic carboxylic acids is 4. The molecule has 0 aliphatic carbocycles. The van der Waals surface area contributed by atoms with Crippen molar-refractivity contribution < 1.29 is 98.7 Å². The molecule has 0 radical (unpaired) electrons. The van der Waals surface area contributed by atoms with Gasteiger partial charge in [0.1, 0.15) is 5.82 Å². The molecule has 10 nitrogen and oxygen atoms in total. The number of rotatable bonds is 8. The number of carboxylic acids is 4. The molecule has 6 rings (SSSR count). The summed E-state index contributed by atoms with van der Waals surface area (Å²) in [5.74, 6) is -4.74. The molecule has 0 saturated heterocycles. The number of benzene rings is 5. The standard InChI is InChI=1S/C35H22N2O8.2Na/c38-32(39)22-5-1-3-20(13-22)27-11-12-28(21-4-2-6-23(14-21)33(40)41)30-29(27)36-31(37-30)19-9-7-18(8-10-19)24-15-25(34(42)43)17-26(16-24)35(44)45;;/h1-17H,(H,36,37)(H,38,39)(H,40,41)(H,42,43)(H,44,45);;/q;2*+1/p-2. The molecule has 0 atom stereocenters. The van der Waals surface area contributed by atoms with Crippen LogP contribution in [-0.2, 0) is 0 Å². The van der Waals surface area contributed by atoms with Gasteiger partial charge in [0.15, 0.2) is 0 Å². The summed E-state index contributed by atoms with van der Waals surface area (Å²) in [6.45, 7) is 0. The second-order valence-electron chi connectivity index (χ2n) is 10.2. The number of carbonyl (C=O) groups excluding carboxylic acids is 2. The minimum Gasteiger partial charge on any atom is -0.545 e. The summed E-state index contributed by atoms with van der Waals surface area (Å²) >= 11 is 0. The third kappa shape index (κ3) is 7.23. The molecule has 0 saturated carbocycles. The van der Waals surface area contributed by atoms with E-state index < -0.39 is 23.9 Å². The molecule has 220 valence electrons. The monoisotopic (exact) mass is 642 g/mol. The molecule has 47 heavy (non-hydrogen) atoms. The number of carboxylic acid groups (broad SMARTS) is 4. The van der Waals surface area contributed by atoms with Gasteiger partial charge in [-0.3, -0.25) is 0 Å². The third-order valence-electron chi connectivity index (χ3n) is 7.38. The Bertz CT molecular complexity index is 2070. The van der Waals surface area contributed by atoms with Gasteiger partial charge in [0.05, 0.1) is 34.1 Å². The van der Waals surface area contributed by atoms with Crippen LogP contribution in [0.4, 0.5) is 0 Å². The second-order valence-corrected chi connectivity index (χ2v) is 10.2. The van der Waals surface area contributed by atoms with E-state index in [4.69, 9.17) is 4.98 Å². The zero-order valence-electron chi connectivity index (χ0n) is 25.1. The molecule has 0 fully saturated rings. The van der Waals surface area contributed by atoms with Gasteiger partial charge in [0.25, 0.3) is 0 Å². The molecule has 5 aromatic carbocycles. The van der Waals surface area contributed by atoms with Crippen molar-refractivity contribution in [3.63, 3.8) is 0 Å². The summed E-state index contributed by atoms with van der Waals surface area (Å²) < 4.78 is 0. The Morgan fingerprint density at radius 2 is 1.00 bits per heavy atom. The maximum absolute atomic E-state index is 11.7. The van der Waals surface area contributed by atoms with Crippen molar-refractivity contribution in [2.75, 3.05) is 0 Å². The fraction of sp³-hybridized carbons (Fsp3) is 0. The molecule has 0 amide bonds. The van der Waals surface area contributed by atoms with Gasteiger partial charge in [-0.05, 0) is 75.8 Å². The van der Waals surface area contributed by atoms with Gasteiger partial charge in [0.2, 0.25) is 0 Å². The average Bonchev–Trinajstić information content (AvgIpc) is 3.50. The fourth-order valence-electron chi connectivity index (χ4n) is 5.19. The van der Waals surface area contributed by atoms with E-state index in [1.165, 1.54) is 24.3 Å². The van der Waals surface area contributed by atoms with Crippen LogP contribution in [0.2, 0.25) is 0 Å². The van der Waals surface area contributed by atoms with Gasteiger partial charge in [-0.15, -0.1) is 0 Å². The Labute approximate surface area is 311 Å². The molecule has 1 aromatic heterocycles. The van der Waals surface area contributed by atoms with Crippen molar-refractivity contribution in [2.45, 2.75) is 0 Å². The van der Waals surface area contributed by atoms with E-state index in [0.29, 0.717) is 55.8 Å². The first-order chi connectivity index (χ1) is 21.6. The normalized spacial score (nSPS) is 10.5. The van der Waals surface area contributed by atoms with Gasteiger partial charge < -0.3 is 35.0 Å². The molecule has 0 bridgehead atoms. The molecule has 0 unspecified atom stereocenters. The number of hydrogen-bond acceptors (Lipinski definition) is 7. The summed E-state index contributed by atoms with van der Waals surface area (Å²) in [4.78, 5) is 54.4. The maximum Gasteiger partial charge on any atom is 1.00 e. The predicted molar refractivity (Wildman–Crippen MR) is 160 cm³/mol.